The number of rotatable bonds is 5. The molecule has 0 saturated carbocycles. The van der Waals surface area contributed by atoms with E-state index in [1.54, 1.807) is 0 Å². The van der Waals surface area contributed by atoms with Gasteiger partial charge in [-0.2, -0.15) is 0 Å². The van der Waals surface area contributed by atoms with Gasteiger partial charge in [-0.3, -0.25) is 11.3 Å². The third-order valence-electron chi connectivity index (χ3n) is 3.80. The summed E-state index contributed by atoms with van der Waals surface area (Å²) in [5.41, 5.74) is 7.97. The molecule has 0 aliphatic rings. The number of nitrogens with two attached hydrogens (primary N) is 1. The number of hydrazine groups is 1. The lowest BCUT2D eigenvalue weighted by Gasteiger charge is -2.19. The molecule has 0 fully saturated rings. The third-order valence-corrected chi connectivity index (χ3v) is 4.54. The van der Waals surface area contributed by atoms with Crippen LogP contribution >= 0.6 is 23.2 Å². The van der Waals surface area contributed by atoms with E-state index in [1.165, 1.54) is 16.7 Å². The van der Waals surface area contributed by atoms with Gasteiger partial charge in [-0.15, -0.1) is 0 Å². The Hall–Kier alpha value is -1.06. The highest BCUT2D eigenvalue weighted by atomic mass is 35.5. The summed E-state index contributed by atoms with van der Waals surface area (Å²) < 4.78 is 0. The lowest BCUT2D eigenvalue weighted by molar-refractivity contribution is 0.520. The van der Waals surface area contributed by atoms with Crippen LogP contribution in [0.4, 0.5) is 0 Å². The molecule has 0 aliphatic carbocycles. The highest BCUT2D eigenvalue weighted by Gasteiger charge is 2.13. The fraction of sp³-hybridized carbons (Fsp3) is 0.294. The normalized spacial score (nSPS) is 12.4. The molecular formula is C17H20Cl2N2. The Balaban J connectivity index is 2.15. The summed E-state index contributed by atoms with van der Waals surface area (Å²) in [6.45, 7) is 4.27. The minimum Gasteiger partial charge on any atom is -0.271 e. The third kappa shape index (κ3) is 4.21. The molecule has 112 valence electrons. The van der Waals surface area contributed by atoms with Crippen LogP contribution in [0.25, 0.3) is 0 Å². The number of hydrogen-bond acceptors (Lipinski definition) is 2. The quantitative estimate of drug-likeness (QED) is 0.638. The van der Waals surface area contributed by atoms with Crippen LogP contribution in [-0.4, -0.2) is 6.04 Å². The van der Waals surface area contributed by atoms with Crippen LogP contribution in [0, 0.1) is 13.8 Å². The molecule has 0 aromatic heterocycles. The first-order valence-electron chi connectivity index (χ1n) is 6.96. The second-order valence-electron chi connectivity index (χ2n) is 5.39. The van der Waals surface area contributed by atoms with E-state index in [0.717, 1.165) is 18.4 Å². The molecule has 2 aromatic carbocycles. The molecule has 3 N–H and O–H groups in total. The van der Waals surface area contributed by atoms with Gasteiger partial charge in [-0.05, 0) is 61.1 Å². The van der Waals surface area contributed by atoms with Gasteiger partial charge in [0, 0.05) is 6.04 Å². The van der Waals surface area contributed by atoms with Crippen molar-refractivity contribution in [2.75, 3.05) is 0 Å². The van der Waals surface area contributed by atoms with Gasteiger partial charge in [-0.25, -0.2) is 0 Å². The Labute approximate surface area is 136 Å². The van der Waals surface area contributed by atoms with E-state index in [1.807, 2.05) is 18.2 Å². The van der Waals surface area contributed by atoms with Crippen molar-refractivity contribution in [3.8, 4) is 0 Å². The summed E-state index contributed by atoms with van der Waals surface area (Å²) in [4.78, 5) is 0. The summed E-state index contributed by atoms with van der Waals surface area (Å²) >= 11 is 12.0. The summed E-state index contributed by atoms with van der Waals surface area (Å²) in [6.07, 6.45) is 1.69. The summed E-state index contributed by atoms with van der Waals surface area (Å²) in [7, 11) is 0. The molecule has 0 amide bonds. The summed E-state index contributed by atoms with van der Waals surface area (Å²) in [5, 5.41) is 1.16. The minimum absolute atomic E-state index is 0.155. The van der Waals surface area contributed by atoms with Gasteiger partial charge in [0.1, 0.15) is 0 Å². The smallest absolute Gasteiger partial charge is 0.0595 e. The standard InChI is InChI=1S/C17H20Cl2N2/c1-11-4-3-5-12(2)15(11)10-14(21-20)8-13-6-7-16(18)17(19)9-13/h3-7,9,14,21H,8,10,20H2,1-2H3. The van der Waals surface area contributed by atoms with Crippen molar-refractivity contribution in [1.82, 2.24) is 5.43 Å². The number of hydrogen-bond donors (Lipinski definition) is 2. The van der Waals surface area contributed by atoms with Crippen molar-refractivity contribution in [2.24, 2.45) is 5.84 Å². The highest BCUT2D eigenvalue weighted by molar-refractivity contribution is 6.42. The second kappa shape index (κ2) is 7.28. The Morgan fingerprint density at radius 1 is 1.00 bits per heavy atom. The van der Waals surface area contributed by atoms with Crippen molar-refractivity contribution in [3.63, 3.8) is 0 Å². The van der Waals surface area contributed by atoms with Gasteiger partial charge in [0.2, 0.25) is 0 Å². The molecule has 0 spiro atoms. The molecule has 0 bridgehead atoms. The molecule has 0 aliphatic heterocycles. The van der Waals surface area contributed by atoms with Gasteiger partial charge >= 0.3 is 0 Å². The topological polar surface area (TPSA) is 38.0 Å². The Bertz CT molecular complexity index is 606. The van der Waals surface area contributed by atoms with E-state index in [4.69, 9.17) is 29.0 Å². The zero-order valence-electron chi connectivity index (χ0n) is 12.3. The van der Waals surface area contributed by atoms with E-state index >= 15 is 0 Å². The van der Waals surface area contributed by atoms with E-state index in [-0.39, 0.29) is 6.04 Å². The summed E-state index contributed by atoms with van der Waals surface area (Å²) in [5.74, 6) is 5.73. The minimum atomic E-state index is 0.155. The Kier molecular flexibility index (Phi) is 5.65. The maximum Gasteiger partial charge on any atom is 0.0595 e. The lowest BCUT2D eigenvalue weighted by Crippen LogP contribution is -2.38. The lowest BCUT2D eigenvalue weighted by atomic mass is 9.93. The van der Waals surface area contributed by atoms with Gasteiger partial charge in [-0.1, -0.05) is 47.5 Å². The second-order valence-corrected chi connectivity index (χ2v) is 6.21. The number of halogens is 2. The molecule has 1 unspecified atom stereocenters. The van der Waals surface area contributed by atoms with E-state index in [2.05, 4.69) is 37.5 Å². The average molecular weight is 323 g/mol. The fourth-order valence-corrected chi connectivity index (χ4v) is 2.88. The molecule has 4 heteroatoms. The Morgan fingerprint density at radius 3 is 2.24 bits per heavy atom. The van der Waals surface area contributed by atoms with E-state index in [0.29, 0.717) is 10.0 Å². The Morgan fingerprint density at radius 2 is 1.67 bits per heavy atom. The van der Waals surface area contributed by atoms with Gasteiger partial charge in [0.15, 0.2) is 0 Å². The van der Waals surface area contributed by atoms with Crippen LogP contribution in [0.1, 0.15) is 22.3 Å². The van der Waals surface area contributed by atoms with Crippen LogP contribution in [0.5, 0.6) is 0 Å². The highest BCUT2D eigenvalue weighted by Crippen LogP contribution is 2.24. The SMILES string of the molecule is Cc1cccc(C)c1CC(Cc1ccc(Cl)c(Cl)c1)NN. The van der Waals surface area contributed by atoms with Crippen LogP contribution < -0.4 is 11.3 Å². The van der Waals surface area contributed by atoms with Crippen molar-refractivity contribution >= 4 is 23.2 Å². The van der Waals surface area contributed by atoms with Crippen molar-refractivity contribution < 1.29 is 0 Å². The predicted octanol–water partition coefficient (Wildman–Crippen LogP) is 4.23. The molecule has 0 saturated heterocycles. The average Bonchev–Trinajstić information content (AvgIpc) is 2.45. The first kappa shape index (κ1) is 16.3. The van der Waals surface area contributed by atoms with Crippen molar-refractivity contribution in [2.45, 2.75) is 32.7 Å². The van der Waals surface area contributed by atoms with Crippen LogP contribution in [0.3, 0.4) is 0 Å². The molecule has 1 atom stereocenters. The van der Waals surface area contributed by atoms with Gasteiger partial charge in [0.05, 0.1) is 10.0 Å². The maximum atomic E-state index is 6.07. The zero-order chi connectivity index (χ0) is 15.4. The largest absolute Gasteiger partial charge is 0.271 e. The first-order valence-corrected chi connectivity index (χ1v) is 7.72. The zero-order valence-corrected chi connectivity index (χ0v) is 13.8. The number of benzene rings is 2. The predicted molar refractivity (Wildman–Crippen MR) is 90.9 cm³/mol. The monoisotopic (exact) mass is 322 g/mol. The van der Waals surface area contributed by atoms with Gasteiger partial charge < -0.3 is 0 Å². The molecule has 0 radical (unpaired) electrons. The maximum absolute atomic E-state index is 6.07. The molecular weight excluding hydrogens is 303 g/mol. The molecule has 2 rings (SSSR count). The molecule has 0 heterocycles. The van der Waals surface area contributed by atoms with Crippen molar-refractivity contribution in [1.29, 1.82) is 0 Å². The fourth-order valence-electron chi connectivity index (χ4n) is 2.56. The number of aryl methyl sites for hydroxylation is 2. The van der Waals surface area contributed by atoms with Crippen LogP contribution in [-0.2, 0) is 12.8 Å². The summed E-state index contributed by atoms with van der Waals surface area (Å²) in [6, 6.07) is 12.2. The first-order chi connectivity index (χ1) is 10.0. The van der Waals surface area contributed by atoms with Crippen molar-refractivity contribution in [3.05, 3.63) is 68.7 Å². The molecule has 21 heavy (non-hydrogen) atoms. The molecule has 2 nitrogen and oxygen atoms in total. The number of nitrogens with one attached hydrogen (secondary N) is 1. The van der Waals surface area contributed by atoms with Crippen LogP contribution in [0.15, 0.2) is 36.4 Å². The van der Waals surface area contributed by atoms with Crippen LogP contribution in [0.2, 0.25) is 10.0 Å². The molecule has 2 aromatic rings. The van der Waals surface area contributed by atoms with E-state index < -0.39 is 0 Å². The van der Waals surface area contributed by atoms with Gasteiger partial charge in [0.25, 0.3) is 0 Å². The van der Waals surface area contributed by atoms with E-state index in [9.17, 15) is 0 Å².